The maximum absolute atomic E-state index is 15.3. The summed E-state index contributed by atoms with van der Waals surface area (Å²) >= 11 is 0. The van der Waals surface area contributed by atoms with Gasteiger partial charge in [-0.15, -0.1) is 0 Å². The number of aromatic nitrogens is 3. The van der Waals surface area contributed by atoms with Crippen LogP contribution in [-0.4, -0.2) is 77.1 Å². The van der Waals surface area contributed by atoms with Gasteiger partial charge in [-0.2, -0.15) is 5.10 Å². The van der Waals surface area contributed by atoms with Gasteiger partial charge in [-0.05, 0) is 58.3 Å². The molecule has 0 saturated carbocycles. The zero-order valence-corrected chi connectivity index (χ0v) is 22.2. The van der Waals surface area contributed by atoms with E-state index in [0.29, 0.717) is 22.9 Å². The average Bonchev–Trinajstić information content (AvgIpc) is 3.45. The molecule has 0 aliphatic carbocycles. The van der Waals surface area contributed by atoms with E-state index in [2.05, 4.69) is 44.1 Å². The van der Waals surface area contributed by atoms with Gasteiger partial charge in [-0.3, -0.25) is 5.10 Å². The predicted octanol–water partition coefficient (Wildman–Crippen LogP) is 4.33. The molecule has 0 bridgehead atoms. The third kappa shape index (κ3) is 5.91. The molecular formula is C27H35FN8O. The van der Waals surface area contributed by atoms with E-state index in [1.807, 2.05) is 62.7 Å². The molecule has 3 heterocycles. The number of nitrogens with one attached hydrogen (secondary N) is 2. The minimum Gasteiger partial charge on any atom is -0.468 e. The fourth-order valence-electron chi connectivity index (χ4n) is 4.42. The Labute approximate surface area is 217 Å². The quantitative estimate of drug-likeness (QED) is 0.351. The van der Waals surface area contributed by atoms with Crippen LogP contribution >= 0.6 is 0 Å². The third-order valence-corrected chi connectivity index (χ3v) is 6.56. The van der Waals surface area contributed by atoms with Gasteiger partial charge in [0.1, 0.15) is 11.7 Å². The molecule has 10 heteroatoms. The molecule has 0 unspecified atom stereocenters. The number of aliphatic imine (C=N–C) groups is 2. The summed E-state index contributed by atoms with van der Waals surface area (Å²) in [6.07, 6.45) is 5.67. The normalized spacial score (nSPS) is 15.7. The third-order valence-electron chi connectivity index (χ3n) is 6.56. The Morgan fingerprint density at radius 2 is 1.97 bits per heavy atom. The van der Waals surface area contributed by atoms with Gasteiger partial charge in [0.25, 0.3) is 0 Å². The van der Waals surface area contributed by atoms with Gasteiger partial charge >= 0.3 is 0 Å². The van der Waals surface area contributed by atoms with Gasteiger partial charge in [0, 0.05) is 56.4 Å². The van der Waals surface area contributed by atoms with Gasteiger partial charge in [0.05, 0.1) is 11.2 Å². The summed E-state index contributed by atoms with van der Waals surface area (Å²) in [6, 6.07) is 5.45. The molecule has 196 valence electrons. The van der Waals surface area contributed by atoms with Crippen molar-refractivity contribution in [1.82, 2.24) is 24.6 Å². The van der Waals surface area contributed by atoms with E-state index >= 15 is 4.39 Å². The second-order valence-electron chi connectivity index (χ2n) is 9.21. The van der Waals surface area contributed by atoms with Crippen LogP contribution in [0.3, 0.4) is 0 Å². The Morgan fingerprint density at radius 3 is 2.68 bits per heavy atom. The van der Waals surface area contributed by atoms with E-state index in [-0.39, 0.29) is 18.3 Å². The first kappa shape index (κ1) is 26.2. The Hall–Kier alpha value is -3.92. The number of fused-ring (bicyclic) bond motifs is 1. The first-order chi connectivity index (χ1) is 17.8. The summed E-state index contributed by atoms with van der Waals surface area (Å²) in [6.45, 7) is 12.9. The molecule has 1 aromatic carbocycles. The molecule has 0 amide bonds. The summed E-state index contributed by atoms with van der Waals surface area (Å²) in [4.78, 5) is 13.3. The van der Waals surface area contributed by atoms with Crippen LogP contribution in [-0.2, 0) is 7.05 Å². The highest BCUT2D eigenvalue weighted by molar-refractivity contribution is 5.94. The minimum atomic E-state index is -0.373. The Balaban J connectivity index is 1.58. The number of nitrogens with zero attached hydrogens (tertiary/aromatic N) is 6. The lowest BCUT2D eigenvalue weighted by Crippen LogP contribution is -2.47. The van der Waals surface area contributed by atoms with E-state index in [4.69, 9.17) is 9.73 Å². The molecule has 2 N–H and O–H groups in total. The number of aryl methyl sites for hydroxylation is 3. The number of piperazine rings is 1. The lowest BCUT2D eigenvalue weighted by Gasteiger charge is -2.33. The number of allylic oxidation sites excluding steroid dienone is 1. The summed E-state index contributed by atoms with van der Waals surface area (Å²) in [5, 5.41) is 10.9. The second kappa shape index (κ2) is 11.4. The number of hydrogen-bond acceptors (Lipinski definition) is 6. The highest BCUT2D eigenvalue weighted by Gasteiger charge is 2.18. The number of amidine groups is 1. The van der Waals surface area contributed by atoms with Crippen LogP contribution < -0.4 is 10.1 Å². The van der Waals surface area contributed by atoms with Crippen LogP contribution in [0.5, 0.6) is 5.75 Å². The number of anilines is 1. The van der Waals surface area contributed by atoms with Crippen molar-refractivity contribution in [3.63, 3.8) is 0 Å². The van der Waals surface area contributed by atoms with Crippen molar-refractivity contribution in [2.24, 2.45) is 17.0 Å². The van der Waals surface area contributed by atoms with Crippen LogP contribution in [0.1, 0.15) is 23.9 Å². The summed E-state index contributed by atoms with van der Waals surface area (Å²) in [5.41, 5.74) is 3.68. The molecule has 1 saturated heterocycles. The van der Waals surface area contributed by atoms with Crippen LogP contribution in [0.25, 0.3) is 17.0 Å². The van der Waals surface area contributed by atoms with Crippen LogP contribution in [0.2, 0.25) is 0 Å². The number of ether oxygens (including phenoxy) is 1. The second-order valence-corrected chi connectivity index (χ2v) is 9.21. The number of halogens is 1. The number of rotatable bonds is 8. The topological polar surface area (TPSA) is 86.1 Å². The van der Waals surface area contributed by atoms with Crippen molar-refractivity contribution in [3.05, 3.63) is 58.9 Å². The lowest BCUT2D eigenvalue weighted by molar-refractivity contribution is 0.214. The Bertz CT molecular complexity index is 1360. The first-order valence-electron chi connectivity index (χ1n) is 12.3. The van der Waals surface area contributed by atoms with E-state index in [1.165, 1.54) is 0 Å². The maximum Gasteiger partial charge on any atom is 0.181 e. The molecule has 1 fully saturated rings. The van der Waals surface area contributed by atoms with Crippen LogP contribution in [0, 0.1) is 19.7 Å². The number of likely N-dealkylation sites (N-methyl/N-ethyl adjacent to an activating group) is 1. The summed E-state index contributed by atoms with van der Waals surface area (Å²) < 4.78 is 23.1. The Morgan fingerprint density at radius 1 is 1.22 bits per heavy atom. The average molecular weight is 507 g/mol. The molecule has 0 spiro atoms. The van der Waals surface area contributed by atoms with Crippen molar-refractivity contribution in [2.45, 2.75) is 20.8 Å². The molecule has 3 aromatic rings. The molecule has 37 heavy (non-hydrogen) atoms. The molecule has 9 nitrogen and oxygen atoms in total. The SMILES string of the molecule is C=N/C(=C\C(=N/COc1cc(C)c2c(cc(C)n2C)c1F)N1CCN(C)CC1)Nc1cc(/C=C/C)[nH]n1. The zero-order chi connectivity index (χ0) is 26.5. The summed E-state index contributed by atoms with van der Waals surface area (Å²) in [5.74, 6) is 1.61. The van der Waals surface area contributed by atoms with Crippen LogP contribution in [0.15, 0.2) is 46.2 Å². The van der Waals surface area contributed by atoms with Gasteiger partial charge < -0.3 is 24.4 Å². The molecule has 1 aliphatic rings. The van der Waals surface area contributed by atoms with Gasteiger partial charge in [0.15, 0.2) is 24.1 Å². The number of hydrogen-bond donors (Lipinski definition) is 2. The van der Waals surface area contributed by atoms with Crippen molar-refractivity contribution < 1.29 is 9.13 Å². The van der Waals surface area contributed by atoms with E-state index in [9.17, 15) is 0 Å². The molecule has 2 aromatic heterocycles. The lowest BCUT2D eigenvalue weighted by atomic mass is 10.1. The van der Waals surface area contributed by atoms with E-state index in [1.54, 1.807) is 6.07 Å². The van der Waals surface area contributed by atoms with Gasteiger partial charge in [0.2, 0.25) is 0 Å². The summed E-state index contributed by atoms with van der Waals surface area (Å²) in [7, 11) is 4.03. The Kier molecular flexibility index (Phi) is 8.08. The number of benzene rings is 1. The number of H-pyrrole nitrogens is 1. The van der Waals surface area contributed by atoms with Crippen molar-refractivity contribution >= 4 is 35.3 Å². The fourth-order valence-corrected chi connectivity index (χ4v) is 4.42. The minimum absolute atomic E-state index is 0.0376. The highest BCUT2D eigenvalue weighted by atomic mass is 19.1. The fraction of sp³-hybridized carbons (Fsp3) is 0.370. The molecule has 0 atom stereocenters. The largest absolute Gasteiger partial charge is 0.468 e. The zero-order valence-electron chi connectivity index (χ0n) is 22.2. The van der Waals surface area contributed by atoms with E-state index < -0.39 is 0 Å². The van der Waals surface area contributed by atoms with Crippen molar-refractivity contribution in [3.8, 4) is 5.75 Å². The molecular weight excluding hydrogens is 471 g/mol. The smallest absolute Gasteiger partial charge is 0.181 e. The number of aromatic amines is 1. The molecule has 0 radical (unpaired) electrons. The van der Waals surface area contributed by atoms with Gasteiger partial charge in [-0.1, -0.05) is 6.08 Å². The van der Waals surface area contributed by atoms with Crippen LogP contribution in [0.4, 0.5) is 10.2 Å². The van der Waals surface area contributed by atoms with Crippen molar-refractivity contribution in [2.75, 3.05) is 45.3 Å². The highest BCUT2D eigenvalue weighted by Crippen LogP contribution is 2.31. The van der Waals surface area contributed by atoms with Crippen molar-refractivity contribution in [1.29, 1.82) is 0 Å². The predicted molar refractivity (Wildman–Crippen MR) is 149 cm³/mol. The molecule has 1 aliphatic heterocycles. The van der Waals surface area contributed by atoms with Gasteiger partial charge in [-0.25, -0.2) is 14.4 Å². The maximum atomic E-state index is 15.3. The monoisotopic (exact) mass is 506 g/mol. The first-order valence-corrected chi connectivity index (χ1v) is 12.3. The standard InChI is InChI=1S/C27H35FN8O/c1-7-8-20-15-24(33-32-20)31-23(29-4)16-25(36-11-9-34(5)10-12-36)30-17-37-22-13-18(2)27-21(26(22)28)14-19(3)35(27)6/h7-8,13-16H,4,9-12,17H2,1-3,5-6H3,(H2,31,32,33)/b8-7+,23-16+,30-25+. The molecule has 4 rings (SSSR count). The van der Waals surface area contributed by atoms with E-state index in [0.717, 1.165) is 48.6 Å².